The van der Waals surface area contributed by atoms with Crippen LogP contribution in [0.25, 0.3) is 34.2 Å². The first-order valence-electron chi connectivity index (χ1n) is 9.23. The minimum Gasteiger partial charge on any atom is -0.437 e. The van der Waals surface area contributed by atoms with Gasteiger partial charge in [0.25, 0.3) is 0 Å². The fourth-order valence-electron chi connectivity index (χ4n) is 3.42. The first-order valence-corrected chi connectivity index (χ1v) is 9.61. The van der Waals surface area contributed by atoms with Crippen molar-refractivity contribution in [2.24, 2.45) is 0 Å². The van der Waals surface area contributed by atoms with Gasteiger partial charge < -0.3 is 14.1 Å². The van der Waals surface area contributed by atoms with E-state index in [0.29, 0.717) is 29.7 Å². The number of nitrogens with zero attached hydrogens (tertiary/aromatic N) is 3. The number of pyridine rings is 1. The topological polar surface area (TPSA) is 51.4 Å². The largest absolute Gasteiger partial charge is 0.437 e. The zero-order valence-corrected chi connectivity index (χ0v) is 15.9. The Morgan fingerprint density at radius 2 is 1.79 bits per heavy atom. The highest BCUT2D eigenvalue weighted by Crippen LogP contribution is 2.27. The molecule has 5 rings (SSSR count). The van der Waals surface area contributed by atoms with Crippen LogP contribution in [0.4, 0.5) is 5.82 Å². The number of ether oxygens (including phenoxy) is 1. The van der Waals surface area contributed by atoms with Gasteiger partial charge in [-0.1, -0.05) is 29.8 Å². The van der Waals surface area contributed by atoms with Gasteiger partial charge in [-0.3, -0.25) is 0 Å². The van der Waals surface area contributed by atoms with Crippen LogP contribution in [-0.4, -0.2) is 36.3 Å². The molecule has 3 heterocycles. The fraction of sp³-hybridized carbons (Fsp3) is 0.182. The molecular formula is C22H18ClN3O2. The van der Waals surface area contributed by atoms with E-state index in [1.165, 1.54) is 0 Å². The van der Waals surface area contributed by atoms with Crippen molar-refractivity contribution < 1.29 is 9.15 Å². The molecule has 1 aliphatic rings. The van der Waals surface area contributed by atoms with E-state index in [9.17, 15) is 0 Å². The molecule has 0 bridgehead atoms. The van der Waals surface area contributed by atoms with Gasteiger partial charge in [-0.2, -0.15) is 0 Å². The first kappa shape index (κ1) is 17.2. The van der Waals surface area contributed by atoms with Crippen LogP contribution in [0.15, 0.2) is 52.9 Å². The van der Waals surface area contributed by atoms with Crippen LogP contribution < -0.4 is 4.90 Å². The third-order valence-electron chi connectivity index (χ3n) is 4.81. The molecule has 0 saturated carbocycles. The number of para-hydroxylation sites is 1. The van der Waals surface area contributed by atoms with Crippen molar-refractivity contribution in [3.8, 4) is 0 Å². The van der Waals surface area contributed by atoms with E-state index < -0.39 is 0 Å². The van der Waals surface area contributed by atoms with Gasteiger partial charge in [0.05, 0.1) is 18.7 Å². The number of aromatic nitrogens is 2. The van der Waals surface area contributed by atoms with Gasteiger partial charge in [0, 0.05) is 35.1 Å². The van der Waals surface area contributed by atoms with Crippen molar-refractivity contribution in [3.63, 3.8) is 0 Å². The highest BCUT2D eigenvalue weighted by atomic mass is 35.5. The first-order chi connectivity index (χ1) is 13.8. The molecule has 2 aromatic carbocycles. The van der Waals surface area contributed by atoms with Gasteiger partial charge in [0.1, 0.15) is 11.3 Å². The van der Waals surface area contributed by atoms with Crippen molar-refractivity contribution >= 4 is 51.6 Å². The smallest absolute Gasteiger partial charge is 0.220 e. The number of oxazole rings is 1. The summed E-state index contributed by atoms with van der Waals surface area (Å²) in [6.45, 7) is 3.08. The molecule has 6 heteroatoms. The third kappa shape index (κ3) is 3.35. The van der Waals surface area contributed by atoms with E-state index >= 15 is 0 Å². The van der Waals surface area contributed by atoms with E-state index in [1.807, 2.05) is 36.4 Å². The molecule has 0 N–H and O–H groups in total. The zero-order valence-electron chi connectivity index (χ0n) is 15.1. The number of anilines is 1. The zero-order chi connectivity index (χ0) is 18.9. The van der Waals surface area contributed by atoms with Crippen LogP contribution in [0.3, 0.4) is 0 Å². The second-order valence-corrected chi connectivity index (χ2v) is 7.13. The number of benzene rings is 2. The quantitative estimate of drug-likeness (QED) is 0.490. The Bertz CT molecular complexity index is 1180. The molecular weight excluding hydrogens is 374 g/mol. The maximum absolute atomic E-state index is 6.04. The lowest BCUT2D eigenvalue weighted by Gasteiger charge is -2.29. The number of fused-ring (bicyclic) bond motifs is 2. The number of morpholine rings is 1. The van der Waals surface area contributed by atoms with Crippen molar-refractivity contribution in [1.82, 2.24) is 9.97 Å². The SMILES string of the molecule is Clc1ccc2oc(/C=C/c3cc4ccccc4nc3N3CCOCC3)nc2c1. The van der Waals surface area contributed by atoms with Crippen LogP contribution in [0.5, 0.6) is 0 Å². The minimum absolute atomic E-state index is 0.540. The molecule has 0 atom stereocenters. The van der Waals surface area contributed by atoms with E-state index in [2.05, 4.69) is 22.0 Å². The summed E-state index contributed by atoms with van der Waals surface area (Å²) >= 11 is 6.04. The van der Waals surface area contributed by atoms with Gasteiger partial charge in [0.2, 0.25) is 5.89 Å². The maximum Gasteiger partial charge on any atom is 0.220 e. The fourth-order valence-corrected chi connectivity index (χ4v) is 3.59. The average molecular weight is 392 g/mol. The van der Waals surface area contributed by atoms with Gasteiger partial charge in [-0.25, -0.2) is 9.97 Å². The summed E-state index contributed by atoms with van der Waals surface area (Å²) in [6.07, 6.45) is 3.89. The average Bonchev–Trinajstić information content (AvgIpc) is 3.14. The summed E-state index contributed by atoms with van der Waals surface area (Å²) in [6, 6.07) is 15.7. The number of hydrogen-bond donors (Lipinski definition) is 0. The van der Waals surface area contributed by atoms with Gasteiger partial charge in [0.15, 0.2) is 5.58 Å². The summed E-state index contributed by atoms with van der Waals surface area (Å²) in [4.78, 5) is 11.7. The van der Waals surface area contributed by atoms with Crippen molar-refractivity contribution in [2.45, 2.75) is 0 Å². The van der Waals surface area contributed by atoms with Crippen LogP contribution in [-0.2, 0) is 4.74 Å². The lowest BCUT2D eigenvalue weighted by Crippen LogP contribution is -2.37. The van der Waals surface area contributed by atoms with Crippen LogP contribution in [0.1, 0.15) is 11.5 Å². The molecule has 0 amide bonds. The van der Waals surface area contributed by atoms with E-state index in [0.717, 1.165) is 40.9 Å². The maximum atomic E-state index is 6.04. The van der Waals surface area contributed by atoms with Gasteiger partial charge in [-0.05, 0) is 36.4 Å². The Labute approximate surface area is 167 Å². The monoisotopic (exact) mass is 391 g/mol. The Balaban J connectivity index is 1.56. The predicted octanol–water partition coefficient (Wildman–Crippen LogP) is 5.04. The van der Waals surface area contributed by atoms with E-state index in [1.54, 1.807) is 12.1 Å². The highest BCUT2D eigenvalue weighted by Gasteiger charge is 2.16. The summed E-state index contributed by atoms with van der Waals surface area (Å²) in [5, 5.41) is 1.74. The summed E-state index contributed by atoms with van der Waals surface area (Å²) in [7, 11) is 0. The van der Waals surface area contributed by atoms with Crippen LogP contribution in [0, 0.1) is 0 Å². The minimum atomic E-state index is 0.540. The van der Waals surface area contributed by atoms with Gasteiger partial charge in [-0.15, -0.1) is 0 Å². The molecule has 4 aromatic rings. The van der Waals surface area contributed by atoms with Crippen molar-refractivity contribution in [2.75, 3.05) is 31.2 Å². The second-order valence-electron chi connectivity index (χ2n) is 6.69. The van der Waals surface area contributed by atoms with Crippen molar-refractivity contribution in [1.29, 1.82) is 0 Å². The van der Waals surface area contributed by atoms with E-state index in [4.69, 9.17) is 25.7 Å². The lowest BCUT2D eigenvalue weighted by molar-refractivity contribution is 0.122. The molecule has 2 aromatic heterocycles. The molecule has 0 radical (unpaired) electrons. The third-order valence-corrected chi connectivity index (χ3v) is 5.05. The molecule has 1 fully saturated rings. The van der Waals surface area contributed by atoms with Gasteiger partial charge >= 0.3 is 0 Å². The highest BCUT2D eigenvalue weighted by molar-refractivity contribution is 6.31. The Hall–Kier alpha value is -2.89. The van der Waals surface area contributed by atoms with Crippen LogP contribution >= 0.6 is 11.6 Å². The number of rotatable bonds is 3. The lowest BCUT2D eigenvalue weighted by atomic mass is 10.1. The molecule has 0 spiro atoms. The molecule has 0 aliphatic carbocycles. The van der Waals surface area contributed by atoms with Crippen molar-refractivity contribution in [3.05, 3.63) is 65.0 Å². The Morgan fingerprint density at radius 1 is 0.929 bits per heavy atom. The van der Waals surface area contributed by atoms with Crippen LogP contribution in [0.2, 0.25) is 5.02 Å². The second kappa shape index (κ2) is 7.26. The molecule has 28 heavy (non-hydrogen) atoms. The van der Waals surface area contributed by atoms with E-state index in [-0.39, 0.29) is 0 Å². The molecule has 1 saturated heterocycles. The summed E-state index contributed by atoms with van der Waals surface area (Å²) in [5.74, 6) is 1.50. The number of halogens is 1. The Morgan fingerprint density at radius 3 is 2.68 bits per heavy atom. The normalized spacial score (nSPS) is 15.1. The molecule has 140 valence electrons. The standard InChI is InChI=1S/C22H18ClN3O2/c23-17-6-7-20-19(14-17)24-21(28-20)8-5-16-13-15-3-1-2-4-18(15)25-22(16)26-9-11-27-12-10-26/h1-8,13-14H,9-12H2/b8-5+. The Kier molecular flexibility index (Phi) is 4.47. The molecule has 5 nitrogen and oxygen atoms in total. The predicted molar refractivity (Wildman–Crippen MR) is 113 cm³/mol. The summed E-state index contributed by atoms with van der Waals surface area (Å²) < 4.78 is 11.3. The summed E-state index contributed by atoms with van der Waals surface area (Å²) in [5.41, 5.74) is 3.48. The molecule has 0 unspecified atom stereocenters. The number of hydrogen-bond acceptors (Lipinski definition) is 5. The molecule has 1 aliphatic heterocycles.